The molecule has 0 saturated carbocycles. The van der Waals surface area contributed by atoms with E-state index in [-0.39, 0.29) is 24.8 Å². The highest BCUT2D eigenvalue weighted by Crippen LogP contribution is 2.12. The molecule has 4 amide bonds. The maximum absolute atomic E-state index is 12.4. The third kappa shape index (κ3) is 4.20. The molecule has 128 valence electrons. The monoisotopic (exact) mass is 338 g/mol. The average Bonchev–Trinajstić information content (AvgIpc) is 2.88. The van der Waals surface area contributed by atoms with Gasteiger partial charge in [-0.2, -0.15) is 0 Å². The van der Waals surface area contributed by atoms with Crippen molar-refractivity contribution in [2.45, 2.75) is 18.9 Å². The Morgan fingerprint density at radius 1 is 1.16 bits per heavy atom. The van der Waals surface area contributed by atoms with Crippen LogP contribution in [0.3, 0.4) is 0 Å². The number of hydrogen-bond acceptors (Lipinski definition) is 4. The van der Waals surface area contributed by atoms with Crippen LogP contribution in [0.25, 0.3) is 0 Å². The van der Waals surface area contributed by atoms with Crippen molar-refractivity contribution in [3.05, 3.63) is 60.4 Å². The molecule has 1 aromatic heterocycles. The molecule has 0 aliphatic carbocycles. The molecule has 2 N–H and O–H groups in total. The van der Waals surface area contributed by atoms with Gasteiger partial charge in [-0.05, 0) is 24.1 Å². The zero-order valence-electron chi connectivity index (χ0n) is 13.5. The first-order chi connectivity index (χ1) is 12.1. The summed E-state index contributed by atoms with van der Waals surface area (Å²) >= 11 is 0. The minimum absolute atomic E-state index is 0.110. The number of pyridine rings is 1. The quantitative estimate of drug-likeness (QED) is 0.782. The largest absolute Gasteiger partial charge is 0.325 e. The fourth-order valence-electron chi connectivity index (χ4n) is 2.65. The second kappa shape index (κ2) is 7.57. The molecule has 1 aromatic carbocycles. The van der Waals surface area contributed by atoms with Crippen LogP contribution in [-0.2, 0) is 16.0 Å². The molecule has 1 saturated heterocycles. The summed E-state index contributed by atoms with van der Waals surface area (Å²) in [5.41, 5.74) is 1.59. The Bertz CT molecular complexity index is 764. The predicted molar refractivity (Wildman–Crippen MR) is 91.7 cm³/mol. The van der Waals surface area contributed by atoms with Gasteiger partial charge in [0.15, 0.2) is 0 Å². The second-order valence-corrected chi connectivity index (χ2v) is 5.72. The van der Waals surface area contributed by atoms with Crippen LogP contribution < -0.4 is 10.6 Å². The maximum atomic E-state index is 12.4. The second-order valence-electron chi connectivity index (χ2n) is 5.72. The molecule has 2 aromatic rings. The van der Waals surface area contributed by atoms with Gasteiger partial charge in [-0.1, -0.05) is 30.3 Å². The van der Waals surface area contributed by atoms with E-state index < -0.39 is 12.1 Å². The number of anilines is 1. The van der Waals surface area contributed by atoms with E-state index in [4.69, 9.17) is 0 Å². The number of nitrogens with one attached hydrogen (secondary N) is 2. The lowest BCUT2D eigenvalue weighted by molar-refractivity contribution is -0.129. The summed E-state index contributed by atoms with van der Waals surface area (Å²) in [5.74, 6) is -0.723. The molecule has 3 rings (SSSR count). The summed E-state index contributed by atoms with van der Waals surface area (Å²) in [7, 11) is 0. The lowest BCUT2D eigenvalue weighted by Gasteiger charge is -2.13. The summed E-state index contributed by atoms with van der Waals surface area (Å²) in [6.45, 7) is 0.287. The summed E-state index contributed by atoms with van der Waals surface area (Å²) in [5, 5.41) is 5.22. The number of urea groups is 1. The van der Waals surface area contributed by atoms with Crippen LogP contribution >= 0.6 is 0 Å². The van der Waals surface area contributed by atoms with Gasteiger partial charge in [0, 0.05) is 12.7 Å². The van der Waals surface area contributed by atoms with Crippen LogP contribution in [0.5, 0.6) is 0 Å². The summed E-state index contributed by atoms with van der Waals surface area (Å²) in [6.07, 6.45) is 3.58. The van der Waals surface area contributed by atoms with E-state index in [9.17, 15) is 14.4 Å². The van der Waals surface area contributed by atoms with Crippen molar-refractivity contribution >= 4 is 23.5 Å². The zero-order chi connectivity index (χ0) is 17.6. The van der Waals surface area contributed by atoms with E-state index in [1.54, 1.807) is 18.3 Å². The number of hydrogen-bond donors (Lipinski definition) is 2. The molecule has 0 radical (unpaired) electrons. The number of nitrogens with zero attached hydrogens (tertiary/aromatic N) is 2. The highest BCUT2D eigenvalue weighted by molar-refractivity contribution is 6.06. The summed E-state index contributed by atoms with van der Waals surface area (Å²) in [4.78, 5) is 41.5. The van der Waals surface area contributed by atoms with Crippen molar-refractivity contribution in [3.63, 3.8) is 0 Å². The highest BCUT2D eigenvalue weighted by Gasteiger charge is 2.38. The lowest BCUT2D eigenvalue weighted by Crippen LogP contribution is -2.34. The maximum Gasteiger partial charge on any atom is 0.324 e. The predicted octanol–water partition coefficient (Wildman–Crippen LogP) is 1.57. The Morgan fingerprint density at radius 2 is 1.96 bits per heavy atom. The molecule has 7 heteroatoms. The molecule has 0 spiro atoms. The molecule has 1 aliphatic rings. The van der Waals surface area contributed by atoms with Gasteiger partial charge in [0.1, 0.15) is 6.04 Å². The molecule has 0 bridgehead atoms. The third-order valence-electron chi connectivity index (χ3n) is 3.91. The minimum Gasteiger partial charge on any atom is -0.325 e. The highest BCUT2D eigenvalue weighted by atomic mass is 16.2. The van der Waals surface area contributed by atoms with Crippen LogP contribution in [-0.4, -0.2) is 40.3 Å². The Hall–Kier alpha value is -3.22. The van der Waals surface area contributed by atoms with E-state index in [2.05, 4.69) is 15.6 Å². The summed E-state index contributed by atoms with van der Waals surface area (Å²) < 4.78 is 0. The number of carbonyl (C=O) groups excluding carboxylic acids is 3. The zero-order valence-corrected chi connectivity index (χ0v) is 13.5. The van der Waals surface area contributed by atoms with Gasteiger partial charge in [-0.3, -0.25) is 19.5 Å². The Kier molecular flexibility index (Phi) is 5.03. The van der Waals surface area contributed by atoms with Gasteiger partial charge in [-0.15, -0.1) is 0 Å². The van der Waals surface area contributed by atoms with Crippen LogP contribution in [0.1, 0.15) is 12.0 Å². The normalized spacial score (nSPS) is 16.6. The number of rotatable bonds is 6. The van der Waals surface area contributed by atoms with E-state index in [0.717, 1.165) is 10.5 Å². The third-order valence-corrected chi connectivity index (χ3v) is 3.91. The standard InChI is InChI=1S/C18H18N4O3/c23-16(20-14-7-4-9-19-12-14)11-15-17(24)22(18(25)21-15)10-8-13-5-2-1-3-6-13/h1-7,9,12,15H,8,10-11H2,(H,20,23)(H,21,25). The smallest absolute Gasteiger partial charge is 0.324 e. The molecular formula is C18H18N4O3. The molecule has 2 heterocycles. The van der Waals surface area contributed by atoms with Crippen molar-refractivity contribution in [1.82, 2.24) is 15.2 Å². The van der Waals surface area contributed by atoms with E-state index in [1.165, 1.54) is 6.20 Å². The number of benzene rings is 1. The van der Waals surface area contributed by atoms with E-state index >= 15 is 0 Å². The van der Waals surface area contributed by atoms with Gasteiger partial charge in [-0.25, -0.2) is 4.79 Å². The van der Waals surface area contributed by atoms with E-state index in [1.807, 2.05) is 30.3 Å². The van der Waals surface area contributed by atoms with Gasteiger partial charge in [0.25, 0.3) is 5.91 Å². The Balaban J connectivity index is 1.54. The molecule has 1 unspecified atom stereocenters. The van der Waals surface area contributed by atoms with Gasteiger partial charge < -0.3 is 10.6 Å². The number of aromatic nitrogens is 1. The molecule has 1 fully saturated rings. The Labute approximate surface area is 145 Å². The van der Waals surface area contributed by atoms with Gasteiger partial charge >= 0.3 is 6.03 Å². The van der Waals surface area contributed by atoms with E-state index in [0.29, 0.717) is 12.1 Å². The minimum atomic E-state index is -0.833. The van der Waals surface area contributed by atoms with Crippen LogP contribution in [0.4, 0.5) is 10.5 Å². The molecule has 1 atom stereocenters. The SMILES string of the molecule is O=C(CC1NC(=O)N(CCc2ccccc2)C1=O)Nc1cccnc1. The first-order valence-electron chi connectivity index (χ1n) is 7.99. The van der Waals surface area contributed by atoms with Crippen molar-refractivity contribution in [2.75, 3.05) is 11.9 Å². The first-order valence-corrected chi connectivity index (χ1v) is 7.99. The fraction of sp³-hybridized carbons (Fsp3) is 0.222. The van der Waals surface area contributed by atoms with Crippen molar-refractivity contribution < 1.29 is 14.4 Å². The molecule has 25 heavy (non-hydrogen) atoms. The van der Waals surface area contributed by atoms with Crippen LogP contribution in [0, 0.1) is 0 Å². The molecular weight excluding hydrogens is 320 g/mol. The fourth-order valence-corrected chi connectivity index (χ4v) is 2.65. The molecule has 7 nitrogen and oxygen atoms in total. The van der Waals surface area contributed by atoms with Crippen LogP contribution in [0.15, 0.2) is 54.9 Å². The van der Waals surface area contributed by atoms with Crippen molar-refractivity contribution in [1.29, 1.82) is 0 Å². The number of amides is 4. The first kappa shape index (κ1) is 16.6. The van der Waals surface area contributed by atoms with Gasteiger partial charge in [0.05, 0.1) is 18.3 Å². The summed E-state index contributed by atoms with van der Waals surface area (Å²) in [6, 6.07) is 11.7. The average molecular weight is 338 g/mol. The topological polar surface area (TPSA) is 91.4 Å². The van der Waals surface area contributed by atoms with Crippen molar-refractivity contribution in [3.8, 4) is 0 Å². The molecule has 1 aliphatic heterocycles. The van der Waals surface area contributed by atoms with Crippen LogP contribution in [0.2, 0.25) is 0 Å². The Morgan fingerprint density at radius 3 is 2.68 bits per heavy atom. The number of carbonyl (C=O) groups is 3. The lowest BCUT2D eigenvalue weighted by atomic mass is 10.1. The number of imide groups is 1. The van der Waals surface area contributed by atoms with Crippen molar-refractivity contribution in [2.24, 2.45) is 0 Å². The van der Waals surface area contributed by atoms with Gasteiger partial charge in [0.2, 0.25) is 5.91 Å².